The predicted molar refractivity (Wildman–Crippen MR) is 62.3 cm³/mol. The van der Waals surface area contributed by atoms with Gasteiger partial charge in [0.25, 0.3) is 0 Å². The van der Waals surface area contributed by atoms with E-state index in [2.05, 4.69) is 11.4 Å². The summed E-state index contributed by atoms with van der Waals surface area (Å²) < 4.78 is 10.4. The molecule has 96 valence electrons. The topological polar surface area (TPSA) is 71.3 Å². The smallest absolute Gasteiger partial charge is 0.407 e. The first-order chi connectivity index (χ1) is 7.92. The maximum Gasteiger partial charge on any atom is 0.407 e. The number of hydrogen-bond donors (Lipinski definition) is 1. The average molecular weight is 240 g/mol. The summed E-state index contributed by atoms with van der Waals surface area (Å²) in [5, 5.41) is 11.6. The van der Waals surface area contributed by atoms with Gasteiger partial charge in [-0.15, -0.1) is 0 Å². The van der Waals surface area contributed by atoms with Crippen molar-refractivity contribution in [3.8, 4) is 6.07 Å². The second kappa shape index (κ2) is 5.87. The fourth-order valence-electron chi connectivity index (χ4n) is 1.70. The highest BCUT2D eigenvalue weighted by atomic mass is 16.6. The molecule has 0 aliphatic carbocycles. The first-order valence-corrected chi connectivity index (χ1v) is 5.86. The van der Waals surface area contributed by atoms with Crippen LogP contribution in [-0.2, 0) is 9.47 Å². The fourth-order valence-corrected chi connectivity index (χ4v) is 1.70. The third-order valence-corrected chi connectivity index (χ3v) is 2.55. The van der Waals surface area contributed by atoms with Crippen molar-refractivity contribution in [2.75, 3.05) is 19.8 Å². The van der Waals surface area contributed by atoms with E-state index in [1.165, 1.54) is 0 Å². The van der Waals surface area contributed by atoms with Crippen LogP contribution in [0.2, 0.25) is 0 Å². The molecule has 1 saturated heterocycles. The van der Waals surface area contributed by atoms with E-state index >= 15 is 0 Å². The molecule has 0 radical (unpaired) electrons. The van der Waals surface area contributed by atoms with Crippen molar-refractivity contribution in [2.24, 2.45) is 11.8 Å². The van der Waals surface area contributed by atoms with Gasteiger partial charge in [-0.3, -0.25) is 0 Å². The second-order valence-corrected chi connectivity index (χ2v) is 5.24. The van der Waals surface area contributed by atoms with Gasteiger partial charge in [0.2, 0.25) is 0 Å². The maximum absolute atomic E-state index is 11.4. The van der Waals surface area contributed by atoms with E-state index in [4.69, 9.17) is 14.7 Å². The van der Waals surface area contributed by atoms with Crippen molar-refractivity contribution in [3.63, 3.8) is 0 Å². The molecule has 1 amide bonds. The Kier molecular flexibility index (Phi) is 4.76. The molecule has 1 fully saturated rings. The number of carbonyl (C=O) groups is 1. The lowest BCUT2D eigenvalue weighted by Gasteiger charge is -2.27. The summed E-state index contributed by atoms with van der Waals surface area (Å²) in [6.07, 6.45) is 0.289. The molecule has 1 aliphatic rings. The van der Waals surface area contributed by atoms with Crippen LogP contribution in [0.25, 0.3) is 0 Å². The molecular formula is C12H20N2O3. The third-order valence-electron chi connectivity index (χ3n) is 2.55. The van der Waals surface area contributed by atoms with Crippen molar-refractivity contribution >= 4 is 6.09 Å². The quantitative estimate of drug-likeness (QED) is 0.797. The molecule has 1 rings (SSSR count). The van der Waals surface area contributed by atoms with E-state index in [1.807, 2.05) is 20.8 Å². The van der Waals surface area contributed by atoms with Crippen LogP contribution < -0.4 is 5.32 Å². The summed E-state index contributed by atoms with van der Waals surface area (Å²) in [5.74, 6) is 0.0138. The van der Waals surface area contributed by atoms with Gasteiger partial charge in [-0.25, -0.2) is 4.79 Å². The van der Waals surface area contributed by atoms with Crippen molar-refractivity contribution in [1.29, 1.82) is 5.26 Å². The van der Waals surface area contributed by atoms with Crippen LogP contribution in [0, 0.1) is 23.2 Å². The van der Waals surface area contributed by atoms with Gasteiger partial charge in [0.1, 0.15) is 5.60 Å². The van der Waals surface area contributed by atoms with Gasteiger partial charge in [0.15, 0.2) is 0 Å². The summed E-state index contributed by atoms with van der Waals surface area (Å²) in [6.45, 7) is 7.01. The summed E-state index contributed by atoms with van der Waals surface area (Å²) in [7, 11) is 0. The molecule has 5 heteroatoms. The molecule has 0 spiro atoms. The van der Waals surface area contributed by atoms with Crippen LogP contribution >= 0.6 is 0 Å². The molecule has 0 unspecified atom stereocenters. The summed E-state index contributed by atoms with van der Waals surface area (Å²) >= 11 is 0. The second-order valence-electron chi connectivity index (χ2n) is 5.24. The van der Waals surface area contributed by atoms with Gasteiger partial charge >= 0.3 is 6.09 Å². The van der Waals surface area contributed by atoms with Crippen molar-refractivity contribution in [3.05, 3.63) is 0 Å². The molecule has 1 heterocycles. The predicted octanol–water partition coefficient (Wildman–Crippen LogP) is 1.69. The number of amides is 1. The molecule has 0 saturated carbocycles. The zero-order valence-corrected chi connectivity index (χ0v) is 10.7. The van der Waals surface area contributed by atoms with Crippen molar-refractivity contribution < 1.29 is 14.3 Å². The van der Waals surface area contributed by atoms with Gasteiger partial charge in [0, 0.05) is 19.1 Å². The van der Waals surface area contributed by atoms with Crippen LogP contribution in [0.1, 0.15) is 27.2 Å². The normalized spacial score (nSPS) is 24.8. The Labute approximate surface area is 102 Å². The summed E-state index contributed by atoms with van der Waals surface area (Å²) in [4.78, 5) is 11.4. The number of nitrogens with zero attached hydrogens (tertiary/aromatic N) is 1. The first kappa shape index (κ1) is 13.8. The van der Waals surface area contributed by atoms with Crippen molar-refractivity contribution in [2.45, 2.75) is 32.8 Å². The molecule has 17 heavy (non-hydrogen) atoms. The van der Waals surface area contributed by atoms with E-state index < -0.39 is 11.7 Å². The van der Waals surface area contributed by atoms with Gasteiger partial charge in [-0.2, -0.15) is 5.26 Å². The lowest BCUT2D eigenvalue weighted by molar-refractivity contribution is 0.0269. The standard InChI is InChI=1S/C12H20N2O3/c1-12(2,3)17-11(15)14-7-10-8-16-5-4-9(10)6-13/h9-10H,4-5,7-8H2,1-3H3,(H,14,15)/t9-,10-/m1/s1. The maximum atomic E-state index is 11.4. The molecule has 1 N–H and O–H groups in total. The Hall–Kier alpha value is -1.28. The monoisotopic (exact) mass is 240 g/mol. The first-order valence-electron chi connectivity index (χ1n) is 5.86. The van der Waals surface area contributed by atoms with Gasteiger partial charge < -0.3 is 14.8 Å². The Morgan fingerprint density at radius 1 is 1.59 bits per heavy atom. The van der Waals surface area contributed by atoms with E-state index in [-0.39, 0.29) is 11.8 Å². The van der Waals surface area contributed by atoms with Crippen LogP contribution in [0.15, 0.2) is 0 Å². The Bertz CT molecular complexity index is 304. The largest absolute Gasteiger partial charge is 0.444 e. The van der Waals surface area contributed by atoms with Crippen molar-refractivity contribution in [1.82, 2.24) is 5.32 Å². The third kappa shape index (κ3) is 5.05. The molecular weight excluding hydrogens is 220 g/mol. The van der Waals surface area contributed by atoms with E-state index in [0.717, 1.165) is 6.42 Å². The minimum Gasteiger partial charge on any atom is -0.444 e. The van der Waals surface area contributed by atoms with E-state index in [9.17, 15) is 4.79 Å². The SMILES string of the molecule is CC(C)(C)OC(=O)NC[C@@H]1COCC[C@@H]1C#N. The highest BCUT2D eigenvalue weighted by Gasteiger charge is 2.26. The zero-order chi connectivity index (χ0) is 12.9. The molecule has 5 nitrogen and oxygen atoms in total. The van der Waals surface area contributed by atoms with Gasteiger partial charge in [0.05, 0.1) is 18.6 Å². The molecule has 2 atom stereocenters. The molecule has 0 bridgehead atoms. The minimum absolute atomic E-state index is 0.0429. The molecule has 1 aliphatic heterocycles. The summed E-state index contributed by atoms with van der Waals surface area (Å²) in [6, 6.07) is 2.25. The number of ether oxygens (including phenoxy) is 2. The number of hydrogen-bond acceptors (Lipinski definition) is 4. The van der Waals surface area contributed by atoms with Crippen LogP contribution in [0.5, 0.6) is 0 Å². The molecule has 0 aromatic carbocycles. The molecule has 0 aromatic heterocycles. The Balaban J connectivity index is 2.34. The lowest BCUT2D eigenvalue weighted by Crippen LogP contribution is -2.40. The molecule has 0 aromatic rings. The highest BCUT2D eigenvalue weighted by molar-refractivity contribution is 5.67. The van der Waals surface area contributed by atoms with E-state index in [1.54, 1.807) is 0 Å². The van der Waals surface area contributed by atoms with Gasteiger partial charge in [-0.05, 0) is 27.2 Å². The minimum atomic E-state index is -0.498. The van der Waals surface area contributed by atoms with Crippen LogP contribution in [-0.4, -0.2) is 31.5 Å². The average Bonchev–Trinajstić information content (AvgIpc) is 2.24. The van der Waals surface area contributed by atoms with Crippen LogP contribution in [0.3, 0.4) is 0 Å². The van der Waals surface area contributed by atoms with Crippen LogP contribution in [0.4, 0.5) is 4.79 Å². The number of rotatable bonds is 2. The Morgan fingerprint density at radius 2 is 2.29 bits per heavy atom. The van der Waals surface area contributed by atoms with E-state index in [0.29, 0.717) is 19.8 Å². The number of nitriles is 1. The number of alkyl carbamates (subject to hydrolysis) is 1. The zero-order valence-electron chi connectivity index (χ0n) is 10.7. The number of carbonyl (C=O) groups excluding carboxylic acids is 1. The highest BCUT2D eigenvalue weighted by Crippen LogP contribution is 2.20. The Morgan fingerprint density at radius 3 is 2.88 bits per heavy atom. The van der Waals surface area contributed by atoms with Gasteiger partial charge in [-0.1, -0.05) is 0 Å². The number of nitrogens with one attached hydrogen (secondary N) is 1. The fraction of sp³-hybridized carbons (Fsp3) is 0.833. The lowest BCUT2D eigenvalue weighted by atomic mass is 9.90. The summed E-state index contributed by atoms with van der Waals surface area (Å²) in [5.41, 5.74) is -0.498.